The van der Waals surface area contributed by atoms with Gasteiger partial charge in [-0.25, -0.2) is 0 Å². The zero-order valence-electron chi connectivity index (χ0n) is 12.0. The Morgan fingerprint density at radius 3 is 2.65 bits per heavy atom. The molecule has 1 aliphatic carbocycles. The van der Waals surface area contributed by atoms with Crippen LogP contribution in [0, 0.1) is 6.92 Å². The van der Waals surface area contributed by atoms with Gasteiger partial charge in [-0.3, -0.25) is 4.79 Å². The van der Waals surface area contributed by atoms with E-state index in [0.717, 1.165) is 37.0 Å². The van der Waals surface area contributed by atoms with E-state index in [1.165, 1.54) is 6.42 Å². The van der Waals surface area contributed by atoms with Crippen molar-refractivity contribution in [3.05, 3.63) is 29.8 Å². The zero-order valence-corrected chi connectivity index (χ0v) is 12.0. The minimum atomic E-state index is -0.440. The molecular weight excluding hydrogens is 254 g/mol. The Kier molecular flexibility index (Phi) is 5.01. The number of hydrogen-bond donors (Lipinski definition) is 2. The largest absolute Gasteiger partial charge is 0.484 e. The Hall–Kier alpha value is -1.55. The van der Waals surface area contributed by atoms with Crippen LogP contribution in [0.4, 0.5) is 0 Å². The van der Waals surface area contributed by atoms with Gasteiger partial charge in [0.15, 0.2) is 6.61 Å². The van der Waals surface area contributed by atoms with E-state index in [4.69, 9.17) is 4.74 Å². The van der Waals surface area contributed by atoms with Gasteiger partial charge in [0.05, 0.1) is 12.1 Å². The summed E-state index contributed by atoms with van der Waals surface area (Å²) in [5, 5.41) is 12.5. The van der Waals surface area contributed by atoms with Crippen molar-refractivity contribution in [2.45, 2.75) is 44.6 Å². The molecule has 4 nitrogen and oxygen atoms in total. The molecule has 0 atom stereocenters. The lowest BCUT2D eigenvalue weighted by atomic mass is 9.82. The Labute approximate surface area is 120 Å². The van der Waals surface area contributed by atoms with Crippen molar-refractivity contribution in [2.24, 2.45) is 0 Å². The van der Waals surface area contributed by atoms with Gasteiger partial charge in [0, 0.05) is 0 Å². The van der Waals surface area contributed by atoms with Crippen molar-refractivity contribution < 1.29 is 14.6 Å². The average molecular weight is 277 g/mol. The quantitative estimate of drug-likeness (QED) is 0.867. The molecule has 2 rings (SSSR count). The van der Waals surface area contributed by atoms with Crippen molar-refractivity contribution in [3.63, 3.8) is 0 Å². The molecular formula is C16H23NO3. The highest BCUT2D eigenvalue weighted by Crippen LogP contribution is 2.27. The van der Waals surface area contributed by atoms with Crippen LogP contribution in [0.25, 0.3) is 0 Å². The van der Waals surface area contributed by atoms with Crippen LogP contribution >= 0.6 is 0 Å². The minimum Gasteiger partial charge on any atom is -0.484 e. The monoisotopic (exact) mass is 277 g/mol. The molecule has 20 heavy (non-hydrogen) atoms. The molecule has 0 saturated heterocycles. The van der Waals surface area contributed by atoms with Gasteiger partial charge >= 0.3 is 0 Å². The molecule has 1 aliphatic rings. The van der Waals surface area contributed by atoms with Crippen LogP contribution in [-0.2, 0) is 4.79 Å². The standard InChI is InChI=1S/C16H23NO3/c1-13-7-3-4-8-14(13)20-11-15(19)17-16(12-18)9-5-2-6-10-16/h3-4,7-8,18H,2,5-6,9-12H2,1H3,(H,17,19). The molecule has 1 amide bonds. The lowest BCUT2D eigenvalue weighted by Gasteiger charge is -2.36. The second-order valence-corrected chi connectivity index (χ2v) is 5.60. The summed E-state index contributed by atoms with van der Waals surface area (Å²) in [6, 6.07) is 7.62. The average Bonchev–Trinajstić information content (AvgIpc) is 2.47. The lowest BCUT2D eigenvalue weighted by molar-refractivity contribution is -0.126. The summed E-state index contributed by atoms with van der Waals surface area (Å²) in [7, 11) is 0. The second kappa shape index (κ2) is 6.75. The van der Waals surface area contributed by atoms with Gasteiger partial charge in [0.1, 0.15) is 5.75 Å². The summed E-state index contributed by atoms with van der Waals surface area (Å²) in [6.45, 7) is 1.94. The highest BCUT2D eigenvalue weighted by molar-refractivity contribution is 5.78. The molecule has 2 N–H and O–H groups in total. The molecule has 0 aromatic heterocycles. The molecule has 0 unspecified atom stereocenters. The highest BCUT2D eigenvalue weighted by atomic mass is 16.5. The first-order valence-corrected chi connectivity index (χ1v) is 7.25. The minimum absolute atomic E-state index is 0.00308. The molecule has 1 aromatic carbocycles. The normalized spacial score (nSPS) is 17.5. The van der Waals surface area contributed by atoms with Crippen molar-refractivity contribution in [2.75, 3.05) is 13.2 Å². The molecule has 110 valence electrons. The Morgan fingerprint density at radius 1 is 1.30 bits per heavy atom. The third kappa shape index (κ3) is 3.73. The first-order valence-electron chi connectivity index (χ1n) is 7.25. The predicted octanol–water partition coefficient (Wildman–Crippen LogP) is 2.19. The molecule has 1 fully saturated rings. The topological polar surface area (TPSA) is 58.6 Å². The lowest BCUT2D eigenvalue weighted by Crippen LogP contribution is -2.53. The summed E-state index contributed by atoms with van der Waals surface area (Å²) in [5.41, 5.74) is 0.569. The van der Waals surface area contributed by atoms with Gasteiger partial charge in [0.2, 0.25) is 0 Å². The van der Waals surface area contributed by atoms with E-state index in [2.05, 4.69) is 5.32 Å². The number of rotatable bonds is 5. The second-order valence-electron chi connectivity index (χ2n) is 5.60. The fraction of sp³-hybridized carbons (Fsp3) is 0.562. The van der Waals surface area contributed by atoms with E-state index in [9.17, 15) is 9.90 Å². The number of carbonyl (C=O) groups is 1. The number of nitrogens with one attached hydrogen (secondary N) is 1. The number of carbonyl (C=O) groups excluding carboxylic acids is 1. The summed E-state index contributed by atoms with van der Waals surface area (Å²) >= 11 is 0. The maximum atomic E-state index is 12.0. The van der Waals surface area contributed by atoms with E-state index < -0.39 is 5.54 Å². The third-order valence-corrected chi connectivity index (χ3v) is 3.97. The fourth-order valence-electron chi connectivity index (χ4n) is 2.74. The number of ether oxygens (including phenoxy) is 1. The number of para-hydroxylation sites is 1. The Morgan fingerprint density at radius 2 is 2.00 bits per heavy atom. The highest BCUT2D eigenvalue weighted by Gasteiger charge is 2.32. The first kappa shape index (κ1) is 14.9. The van der Waals surface area contributed by atoms with Gasteiger partial charge in [-0.15, -0.1) is 0 Å². The summed E-state index contributed by atoms with van der Waals surface area (Å²) in [6.07, 6.45) is 4.98. The Bertz CT molecular complexity index is 453. The summed E-state index contributed by atoms with van der Waals surface area (Å²) < 4.78 is 5.54. The number of amides is 1. The van der Waals surface area contributed by atoms with E-state index in [1.54, 1.807) is 0 Å². The van der Waals surface area contributed by atoms with Crippen LogP contribution in [0.5, 0.6) is 5.75 Å². The van der Waals surface area contributed by atoms with Crippen molar-refractivity contribution >= 4 is 5.91 Å². The van der Waals surface area contributed by atoms with Crippen LogP contribution in [0.15, 0.2) is 24.3 Å². The van der Waals surface area contributed by atoms with Crippen molar-refractivity contribution in [1.82, 2.24) is 5.32 Å². The maximum Gasteiger partial charge on any atom is 0.258 e. The first-order chi connectivity index (χ1) is 9.65. The molecule has 0 bridgehead atoms. The summed E-state index contributed by atoms with van der Waals surface area (Å²) in [5.74, 6) is 0.563. The maximum absolute atomic E-state index is 12.0. The van der Waals surface area contributed by atoms with E-state index in [-0.39, 0.29) is 19.1 Å². The molecule has 0 radical (unpaired) electrons. The predicted molar refractivity (Wildman–Crippen MR) is 77.7 cm³/mol. The molecule has 1 saturated carbocycles. The fourth-order valence-corrected chi connectivity index (χ4v) is 2.74. The van der Waals surface area contributed by atoms with E-state index in [1.807, 2.05) is 31.2 Å². The zero-order chi connectivity index (χ0) is 14.4. The van der Waals surface area contributed by atoms with Crippen LogP contribution < -0.4 is 10.1 Å². The van der Waals surface area contributed by atoms with E-state index in [0.29, 0.717) is 0 Å². The third-order valence-electron chi connectivity index (χ3n) is 3.97. The smallest absolute Gasteiger partial charge is 0.258 e. The van der Waals surface area contributed by atoms with Gasteiger partial charge in [-0.2, -0.15) is 0 Å². The van der Waals surface area contributed by atoms with Crippen LogP contribution in [0.2, 0.25) is 0 Å². The van der Waals surface area contributed by atoms with Crippen LogP contribution in [0.1, 0.15) is 37.7 Å². The number of aliphatic hydroxyl groups is 1. The number of aryl methyl sites for hydroxylation is 1. The molecule has 1 aromatic rings. The van der Waals surface area contributed by atoms with Crippen molar-refractivity contribution in [1.29, 1.82) is 0 Å². The SMILES string of the molecule is Cc1ccccc1OCC(=O)NC1(CO)CCCCC1. The van der Waals surface area contributed by atoms with Gasteiger partial charge < -0.3 is 15.2 Å². The molecule has 0 heterocycles. The number of hydrogen-bond acceptors (Lipinski definition) is 3. The molecule has 4 heteroatoms. The summed E-state index contributed by atoms with van der Waals surface area (Å²) in [4.78, 5) is 12.0. The van der Waals surface area contributed by atoms with Gasteiger partial charge in [0.25, 0.3) is 5.91 Å². The van der Waals surface area contributed by atoms with Gasteiger partial charge in [-0.1, -0.05) is 37.5 Å². The van der Waals surface area contributed by atoms with Crippen molar-refractivity contribution in [3.8, 4) is 5.75 Å². The van der Waals surface area contributed by atoms with Crippen LogP contribution in [0.3, 0.4) is 0 Å². The Balaban J connectivity index is 1.87. The number of benzene rings is 1. The van der Waals surface area contributed by atoms with Crippen LogP contribution in [-0.4, -0.2) is 29.8 Å². The molecule has 0 spiro atoms. The van der Waals surface area contributed by atoms with E-state index >= 15 is 0 Å². The molecule has 0 aliphatic heterocycles. The van der Waals surface area contributed by atoms with Gasteiger partial charge in [-0.05, 0) is 31.4 Å². The number of aliphatic hydroxyl groups excluding tert-OH is 1.